The van der Waals surface area contributed by atoms with Gasteiger partial charge in [-0.05, 0) is 19.1 Å². The minimum Gasteiger partial charge on any atom is -0.341 e. The Hall–Kier alpha value is -2.50. The molecule has 1 aromatic carbocycles. The summed E-state index contributed by atoms with van der Waals surface area (Å²) < 4.78 is 0. The Labute approximate surface area is 103 Å². The molecule has 6 heteroatoms. The number of nitro benzene ring substituents is 1. The molecular weight excluding hydrogens is 234 g/mol. The molecule has 92 valence electrons. The molecule has 0 saturated heterocycles. The molecule has 0 radical (unpaired) electrons. The van der Waals surface area contributed by atoms with Gasteiger partial charge in [0.05, 0.1) is 4.92 Å². The van der Waals surface area contributed by atoms with Crippen molar-refractivity contribution < 1.29 is 9.72 Å². The van der Waals surface area contributed by atoms with E-state index in [0.29, 0.717) is 22.8 Å². The van der Waals surface area contributed by atoms with Gasteiger partial charge in [0.15, 0.2) is 5.78 Å². The van der Waals surface area contributed by atoms with Crippen molar-refractivity contribution >= 4 is 11.5 Å². The van der Waals surface area contributed by atoms with Crippen LogP contribution < -0.4 is 0 Å². The predicted octanol–water partition coefficient (Wildman–Crippen LogP) is 2.50. The van der Waals surface area contributed by atoms with Gasteiger partial charge in [-0.3, -0.25) is 14.9 Å². The van der Waals surface area contributed by atoms with Gasteiger partial charge in [-0.15, -0.1) is 0 Å². The standard InChI is InChI=1S/C12H11N3O3/c1-7-11(8(2)16)14-12(13-7)9-3-5-10(6-4-9)15(17)18/h3-6H,1-2H3,(H,13,14). The van der Waals surface area contributed by atoms with E-state index in [1.807, 2.05) is 0 Å². The minimum absolute atomic E-state index is 0.0221. The summed E-state index contributed by atoms with van der Waals surface area (Å²) in [6, 6.07) is 6.00. The second-order valence-corrected chi connectivity index (χ2v) is 3.92. The molecule has 1 aromatic heterocycles. The molecular formula is C12H11N3O3. The maximum absolute atomic E-state index is 11.3. The number of non-ortho nitro benzene ring substituents is 1. The maximum Gasteiger partial charge on any atom is 0.269 e. The summed E-state index contributed by atoms with van der Waals surface area (Å²) in [5.41, 5.74) is 1.81. The van der Waals surface area contributed by atoms with Crippen LogP contribution in [0.3, 0.4) is 0 Å². The van der Waals surface area contributed by atoms with Crippen molar-refractivity contribution in [3.05, 3.63) is 45.8 Å². The number of carbonyl (C=O) groups excluding carboxylic acids is 1. The van der Waals surface area contributed by atoms with Crippen LogP contribution in [-0.4, -0.2) is 20.7 Å². The fourth-order valence-electron chi connectivity index (χ4n) is 1.68. The number of aromatic amines is 1. The zero-order chi connectivity index (χ0) is 13.3. The van der Waals surface area contributed by atoms with E-state index in [4.69, 9.17) is 0 Å². The molecule has 0 unspecified atom stereocenters. The Morgan fingerprint density at radius 3 is 2.39 bits per heavy atom. The van der Waals surface area contributed by atoms with Crippen LogP contribution >= 0.6 is 0 Å². The number of nitrogens with one attached hydrogen (secondary N) is 1. The van der Waals surface area contributed by atoms with Crippen LogP contribution in [-0.2, 0) is 0 Å². The van der Waals surface area contributed by atoms with E-state index < -0.39 is 4.92 Å². The SMILES string of the molecule is CC(=O)c1nc(-c2ccc([N+](=O)[O-])cc2)[nH]c1C. The molecule has 1 N–H and O–H groups in total. The second-order valence-electron chi connectivity index (χ2n) is 3.92. The number of benzene rings is 1. The fourth-order valence-corrected chi connectivity index (χ4v) is 1.68. The molecule has 1 heterocycles. The van der Waals surface area contributed by atoms with Gasteiger partial charge < -0.3 is 4.98 Å². The highest BCUT2D eigenvalue weighted by atomic mass is 16.6. The summed E-state index contributed by atoms with van der Waals surface area (Å²) in [4.78, 5) is 28.5. The molecule has 6 nitrogen and oxygen atoms in total. The highest BCUT2D eigenvalue weighted by Crippen LogP contribution is 2.21. The van der Waals surface area contributed by atoms with E-state index >= 15 is 0 Å². The zero-order valence-corrected chi connectivity index (χ0v) is 9.93. The van der Waals surface area contributed by atoms with Crippen LogP contribution in [0.15, 0.2) is 24.3 Å². The van der Waals surface area contributed by atoms with E-state index in [1.54, 1.807) is 19.1 Å². The lowest BCUT2D eigenvalue weighted by molar-refractivity contribution is -0.384. The number of carbonyl (C=O) groups is 1. The first-order chi connectivity index (χ1) is 8.49. The molecule has 0 spiro atoms. The van der Waals surface area contributed by atoms with Crippen molar-refractivity contribution in [2.45, 2.75) is 13.8 Å². The third-order valence-electron chi connectivity index (χ3n) is 2.57. The van der Waals surface area contributed by atoms with Crippen molar-refractivity contribution in [2.75, 3.05) is 0 Å². The normalized spacial score (nSPS) is 10.3. The molecule has 0 aliphatic rings. The predicted molar refractivity (Wildman–Crippen MR) is 65.4 cm³/mol. The number of hydrogen-bond donors (Lipinski definition) is 1. The number of aromatic nitrogens is 2. The quantitative estimate of drug-likeness (QED) is 0.511. The Kier molecular flexibility index (Phi) is 2.93. The second kappa shape index (κ2) is 4.40. The van der Waals surface area contributed by atoms with Gasteiger partial charge in [-0.2, -0.15) is 0 Å². The van der Waals surface area contributed by atoms with Crippen LogP contribution in [0.2, 0.25) is 0 Å². The summed E-state index contributed by atoms with van der Waals surface area (Å²) in [7, 11) is 0. The summed E-state index contributed by atoms with van der Waals surface area (Å²) in [5, 5.41) is 10.5. The summed E-state index contributed by atoms with van der Waals surface area (Å²) in [6.45, 7) is 3.21. The molecule has 0 aliphatic carbocycles. The third-order valence-corrected chi connectivity index (χ3v) is 2.57. The first-order valence-corrected chi connectivity index (χ1v) is 5.31. The van der Waals surface area contributed by atoms with Gasteiger partial charge in [0, 0.05) is 30.3 Å². The van der Waals surface area contributed by atoms with Gasteiger partial charge in [-0.1, -0.05) is 0 Å². The fraction of sp³-hybridized carbons (Fsp3) is 0.167. The lowest BCUT2D eigenvalue weighted by Crippen LogP contribution is -1.94. The Balaban J connectivity index is 2.40. The molecule has 0 aliphatic heterocycles. The molecule has 0 bridgehead atoms. The largest absolute Gasteiger partial charge is 0.341 e. The Bertz CT molecular complexity index is 614. The minimum atomic E-state index is -0.460. The van der Waals surface area contributed by atoms with Gasteiger partial charge >= 0.3 is 0 Å². The first kappa shape index (κ1) is 12.0. The van der Waals surface area contributed by atoms with E-state index in [-0.39, 0.29) is 11.5 Å². The first-order valence-electron chi connectivity index (χ1n) is 5.31. The van der Waals surface area contributed by atoms with Gasteiger partial charge in [0.1, 0.15) is 11.5 Å². The third kappa shape index (κ3) is 2.13. The van der Waals surface area contributed by atoms with E-state index in [0.717, 1.165) is 0 Å². The lowest BCUT2D eigenvalue weighted by Gasteiger charge is -1.95. The highest BCUT2D eigenvalue weighted by molar-refractivity contribution is 5.93. The van der Waals surface area contributed by atoms with Crippen molar-refractivity contribution in [3.63, 3.8) is 0 Å². The van der Waals surface area contributed by atoms with Crippen molar-refractivity contribution in [1.29, 1.82) is 0 Å². The number of Topliss-reactive ketones (excluding diaryl/α,β-unsaturated/α-hetero) is 1. The summed E-state index contributed by atoms with van der Waals surface area (Å²) in [5.74, 6) is 0.421. The van der Waals surface area contributed by atoms with Crippen LogP contribution in [0.25, 0.3) is 11.4 Å². The number of imidazole rings is 1. The van der Waals surface area contributed by atoms with Crippen LogP contribution in [0.1, 0.15) is 23.1 Å². The van der Waals surface area contributed by atoms with E-state index in [9.17, 15) is 14.9 Å². The van der Waals surface area contributed by atoms with Crippen LogP contribution in [0.4, 0.5) is 5.69 Å². The van der Waals surface area contributed by atoms with Crippen molar-refractivity contribution in [3.8, 4) is 11.4 Å². The van der Waals surface area contributed by atoms with Gasteiger partial charge in [-0.25, -0.2) is 4.98 Å². The number of nitro groups is 1. The molecule has 0 saturated carbocycles. The van der Waals surface area contributed by atoms with Crippen LogP contribution in [0, 0.1) is 17.0 Å². The molecule has 2 aromatic rings. The highest BCUT2D eigenvalue weighted by Gasteiger charge is 2.12. The van der Waals surface area contributed by atoms with Gasteiger partial charge in [0.25, 0.3) is 5.69 Å². The average Bonchev–Trinajstić information content (AvgIpc) is 2.71. The summed E-state index contributed by atoms with van der Waals surface area (Å²) in [6.07, 6.45) is 0. The molecule has 0 atom stereocenters. The number of rotatable bonds is 3. The van der Waals surface area contributed by atoms with E-state index in [1.165, 1.54) is 19.1 Å². The Morgan fingerprint density at radius 1 is 1.33 bits per heavy atom. The van der Waals surface area contributed by atoms with Gasteiger partial charge in [0.2, 0.25) is 0 Å². The van der Waals surface area contributed by atoms with E-state index in [2.05, 4.69) is 9.97 Å². The number of H-pyrrole nitrogens is 1. The average molecular weight is 245 g/mol. The molecule has 18 heavy (non-hydrogen) atoms. The molecule has 0 amide bonds. The summed E-state index contributed by atoms with van der Waals surface area (Å²) >= 11 is 0. The number of ketones is 1. The zero-order valence-electron chi connectivity index (χ0n) is 9.93. The smallest absolute Gasteiger partial charge is 0.269 e. The number of hydrogen-bond acceptors (Lipinski definition) is 4. The Morgan fingerprint density at radius 2 is 1.94 bits per heavy atom. The topological polar surface area (TPSA) is 88.9 Å². The van der Waals surface area contributed by atoms with Crippen molar-refractivity contribution in [2.24, 2.45) is 0 Å². The van der Waals surface area contributed by atoms with Crippen LogP contribution in [0.5, 0.6) is 0 Å². The molecule has 2 rings (SSSR count). The maximum atomic E-state index is 11.3. The monoisotopic (exact) mass is 245 g/mol. The molecule has 0 fully saturated rings. The van der Waals surface area contributed by atoms with Crippen molar-refractivity contribution in [1.82, 2.24) is 9.97 Å². The lowest BCUT2D eigenvalue weighted by atomic mass is 10.2. The number of aryl methyl sites for hydroxylation is 1. The number of nitrogens with zero attached hydrogens (tertiary/aromatic N) is 2.